The summed E-state index contributed by atoms with van der Waals surface area (Å²) in [4.78, 5) is 25.6. The van der Waals surface area contributed by atoms with Gasteiger partial charge in [-0.25, -0.2) is 9.29 Å². The summed E-state index contributed by atoms with van der Waals surface area (Å²) in [6.45, 7) is 0. The SMILES string of the molecule is Nc1ccc(F)c(N2C(=O)CC3(CCCC3)CC2=O)c1. The molecule has 1 spiro atoms. The Morgan fingerprint density at radius 2 is 1.70 bits per heavy atom. The van der Waals surface area contributed by atoms with E-state index < -0.39 is 5.82 Å². The van der Waals surface area contributed by atoms with Gasteiger partial charge in [0.1, 0.15) is 5.82 Å². The molecule has 2 fully saturated rings. The van der Waals surface area contributed by atoms with Crippen LogP contribution in [0.1, 0.15) is 38.5 Å². The molecule has 0 unspecified atom stereocenters. The number of amides is 2. The molecule has 2 aliphatic rings. The highest BCUT2D eigenvalue weighted by atomic mass is 19.1. The summed E-state index contributed by atoms with van der Waals surface area (Å²) in [5.74, 6) is -1.22. The molecule has 1 aliphatic carbocycles. The van der Waals surface area contributed by atoms with E-state index in [-0.39, 0.29) is 22.9 Å². The predicted molar refractivity (Wildman–Crippen MR) is 73.4 cm³/mol. The first-order chi connectivity index (χ1) is 9.51. The topological polar surface area (TPSA) is 63.4 Å². The third-order valence-electron chi connectivity index (χ3n) is 4.43. The molecule has 0 bridgehead atoms. The van der Waals surface area contributed by atoms with Gasteiger partial charge in [0.15, 0.2) is 0 Å². The van der Waals surface area contributed by atoms with Crippen molar-refractivity contribution < 1.29 is 14.0 Å². The summed E-state index contributed by atoms with van der Waals surface area (Å²) in [5, 5.41) is 0. The van der Waals surface area contributed by atoms with Crippen molar-refractivity contribution in [3.63, 3.8) is 0 Å². The van der Waals surface area contributed by atoms with Gasteiger partial charge in [0.25, 0.3) is 0 Å². The van der Waals surface area contributed by atoms with E-state index in [0.29, 0.717) is 18.5 Å². The van der Waals surface area contributed by atoms with Gasteiger partial charge in [-0.15, -0.1) is 0 Å². The van der Waals surface area contributed by atoms with Crippen molar-refractivity contribution in [2.45, 2.75) is 38.5 Å². The third-order valence-corrected chi connectivity index (χ3v) is 4.43. The zero-order valence-electron chi connectivity index (χ0n) is 11.2. The Morgan fingerprint density at radius 3 is 2.30 bits per heavy atom. The maximum Gasteiger partial charge on any atom is 0.234 e. The molecule has 0 aromatic heterocycles. The maximum absolute atomic E-state index is 13.9. The second-order valence-corrected chi connectivity index (χ2v) is 5.89. The number of nitrogens with two attached hydrogens (primary N) is 1. The lowest BCUT2D eigenvalue weighted by Gasteiger charge is -2.37. The summed E-state index contributed by atoms with van der Waals surface area (Å²) < 4.78 is 13.9. The average Bonchev–Trinajstić information content (AvgIpc) is 2.80. The van der Waals surface area contributed by atoms with Gasteiger partial charge in [-0.05, 0) is 36.5 Å². The number of imide groups is 1. The van der Waals surface area contributed by atoms with E-state index in [9.17, 15) is 14.0 Å². The molecule has 1 saturated carbocycles. The fourth-order valence-electron chi connectivity index (χ4n) is 3.45. The lowest BCUT2D eigenvalue weighted by molar-refractivity contribution is -0.133. The molecular weight excluding hydrogens is 259 g/mol. The number of carbonyl (C=O) groups excluding carboxylic acids is 2. The Morgan fingerprint density at radius 1 is 1.10 bits per heavy atom. The molecule has 1 aromatic carbocycles. The fraction of sp³-hybridized carbons (Fsp3) is 0.467. The lowest BCUT2D eigenvalue weighted by atomic mass is 9.76. The molecule has 2 amide bonds. The average molecular weight is 276 g/mol. The molecule has 4 nitrogen and oxygen atoms in total. The van der Waals surface area contributed by atoms with Crippen LogP contribution in [0, 0.1) is 11.2 Å². The van der Waals surface area contributed by atoms with Crippen LogP contribution in [0.15, 0.2) is 18.2 Å². The number of piperidine rings is 1. The second-order valence-electron chi connectivity index (χ2n) is 5.89. The zero-order chi connectivity index (χ0) is 14.3. The Hall–Kier alpha value is -1.91. The summed E-state index contributed by atoms with van der Waals surface area (Å²) in [7, 11) is 0. The van der Waals surface area contributed by atoms with E-state index in [1.807, 2.05) is 0 Å². The van der Waals surface area contributed by atoms with Crippen molar-refractivity contribution >= 4 is 23.2 Å². The molecule has 5 heteroatoms. The first-order valence-corrected chi connectivity index (χ1v) is 6.92. The standard InChI is InChI=1S/C15H17FN2O2/c16-11-4-3-10(17)7-12(11)18-13(19)8-15(9-14(18)20)5-1-2-6-15/h3-4,7H,1-2,5-6,8-9,17H2. The van der Waals surface area contributed by atoms with Crippen LogP contribution in [-0.2, 0) is 9.59 Å². The predicted octanol–water partition coefficient (Wildman–Crippen LogP) is 2.62. The summed E-state index contributed by atoms with van der Waals surface area (Å²) in [6, 6.07) is 3.94. The van der Waals surface area contributed by atoms with Gasteiger partial charge < -0.3 is 5.73 Å². The number of hydrogen-bond donors (Lipinski definition) is 1. The second kappa shape index (κ2) is 4.58. The quantitative estimate of drug-likeness (QED) is 0.633. The third kappa shape index (κ3) is 2.07. The van der Waals surface area contributed by atoms with E-state index in [1.165, 1.54) is 18.2 Å². The molecular formula is C15H17FN2O2. The van der Waals surface area contributed by atoms with Crippen LogP contribution in [0.3, 0.4) is 0 Å². The van der Waals surface area contributed by atoms with Crippen LogP contribution in [0.25, 0.3) is 0 Å². The fourth-order valence-corrected chi connectivity index (χ4v) is 3.45. The van der Waals surface area contributed by atoms with Crippen molar-refractivity contribution in [1.82, 2.24) is 0 Å². The van der Waals surface area contributed by atoms with Gasteiger partial charge in [-0.3, -0.25) is 9.59 Å². The minimum absolute atomic E-state index is 0.0205. The molecule has 1 saturated heterocycles. The molecule has 3 rings (SSSR count). The normalized spacial score (nSPS) is 21.8. The smallest absolute Gasteiger partial charge is 0.234 e. The first-order valence-electron chi connectivity index (χ1n) is 6.92. The Balaban J connectivity index is 1.93. The van der Waals surface area contributed by atoms with E-state index >= 15 is 0 Å². The summed E-state index contributed by atoms with van der Waals surface area (Å²) in [5.41, 5.74) is 5.76. The van der Waals surface area contributed by atoms with E-state index in [1.54, 1.807) is 0 Å². The molecule has 0 radical (unpaired) electrons. The highest BCUT2D eigenvalue weighted by Gasteiger charge is 2.46. The van der Waals surface area contributed by atoms with E-state index in [0.717, 1.165) is 30.6 Å². The van der Waals surface area contributed by atoms with Crippen LogP contribution >= 0.6 is 0 Å². The molecule has 1 aromatic rings. The number of anilines is 2. The molecule has 106 valence electrons. The monoisotopic (exact) mass is 276 g/mol. The van der Waals surface area contributed by atoms with Crippen molar-refractivity contribution in [2.24, 2.45) is 5.41 Å². The maximum atomic E-state index is 13.9. The van der Waals surface area contributed by atoms with Crippen molar-refractivity contribution in [3.05, 3.63) is 24.0 Å². The van der Waals surface area contributed by atoms with Crippen LogP contribution in [0.5, 0.6) is 0 Å². The van der Waals surface area contributed by atoms with Crippen molar-refractivity contribution in [2.75, 3.05) is 10.6 Å². The number of rotatable bonds is 1. The number of benzene rings is 1. The van der Waals surface area contributed by atoms with Gasteiger partial charge in [-0.1, -0.05) is 12.8 Å². The highest BCUT2D eigenvalue weighted by Crippen LogP contribution is 2.47. The molecule has 1 aliphatic heterocycles. The number of nitrogens with zero attached hydrogens (tertiary/aromatic N) is 1. The number of nitrogen functional groups attached to an aromatic ring is 1. The summed E-state index contributed by atoms with van der Waals surface area (Å²) >= 11 is 0. The van der Waals surface area contributed by atoms with Gasteiger partial charge in [-0.2, -0.15) is 0 Å². The van der Waals surface area contributed by atoms with Gasteiger partial charge >= 0.3 is 0 Å². The van der Waals surface area contributed by atoms with Crippen LogP contribution in [0.2, 0.25) is 0 Å². The van der Waals surface area contributed by atoms with Crippen molar-refractivity contribution in [1.29, 1.82) is 0 Å². The van der Waals surface area contributed by atoms with Gasteiger partial charge in [0.2, 0.25) is 11.8 Å². The molecule has 0 atom stereocenters. The number of halogens is 1. The summed E-state index contributed by atoms with van der Waals surface area (Å²) in [6.07, 6.45) is 4.61. The van der Waals surface area contributed by atoms with Crippen LogP contribution < -0.4 is 10.6 Å². The Bertz CT molecular complexity index is 559. The van der Waals surface area contributed by atoms with Crippen LogP contribution in [0.4, 0.5) is 15.8 Å². The zero-order valence-corrected chi connectivity index (χ0v) is 11.2. The Kier molecular flexibility index (Phi) is 3.00. The molecule has 2 N–H and O–H groups in total. The van der Waals surface area contributed by atoms with E-state index in [2.05, 4.69) is 0 Å². The number of hydrogen-bond acceptors (Lipinski definition) is 3. The minimum Gasteiger partial charge on any atom is -0.399 e. The minimum atomic E-state index is -0.594. The Labute approximate surface area is 116 Å². The molecule has 1 heterocycles. The molecule has 20 heavy (non-hydrogen) atoms. The highest BCUT2D eigenvalue weighted by molar-refractivity contribution is 6.17. The largest absolute Gasteiger partial charge is 0.399 e. The van der Waals surface area contributed by atoms with Gasteiger partial charge in [0, 0.05) is 18.5 Å². The van der Waals surface area contributed by atoms with Gasteiger partial charge in [0.05, 0.1) is 5.69 Å². The van der Waals surface area contributed by atoms with Crippen LogP contribution in [-0.4, -0.2) is 11.8 Å². The lowest BCUT2D eigenvalue weighted by Crippen LogP contribution is -2.47. The number of carbonyl (C=O) groups is 2. The first kappa shape index (κ1) is 13.1. The van der Waals surface area contributed by atoms with E-state index in [4.69, 9.17) is 5.73 Å². The van der Waals surface area contributed by atoms with Crippen molar-refractivity contribution in [3.8, 4) is 0 Å².